The van der Waals surface area contributed by atoms with Crippen LogP contribution in [0.4, 0.5) is 0 Å². The molecule has 3 heteroatoms. The number of aryl methyl sites for hydroxylation is 1. The van der Waals surface area contributed by atoms with Gasteiger partial charge in [-0.1, -0.05) is 18.2 Å². The van der Waals surface area contributed by atoms with Crippen molar-refractivity contribution < 1.29 is 4.74 Å². The molecule has 0 radical (unpaired) electrons. The normalized spacial score (nSPS) is 12.2. The molecule has 1 heterocycles. The number of pyridine rings is 1. The zero-order valence-electron chi connectivity index (χ0n) is 12.4. The molecule has 0 spiro atoms. The lowest BCUT2D eigenvalue weighted by atomic mass is 10.1. The first-order chi connectivity index (χ1) is 9.69. The summed E-state index contributed by atoms with van der Waals surface area (Å²) in [5.41, 5.74) is 3.50. The molecular weight excluding hydrogens is 248 g/mol. The van der Waals surface area contributed by atoms with Crippen molar-refractivity contribution in [2.24, 2.45) is 0 Å². The van der Waals surface area contributed by atoms with E-state index in [-0.39, 0.29) is 6.04 Å². The van der Waals surface area contributed by atoms with Crippen LogP contribution in [-0.4, -0.2) is 11.6 Å². The Kier molecular flexibility index (Phi) is 5.13. The summed E-state index contributed by atoms with van der Waals surface area (Å²) in [7, 11) is 0. The minimum Gasteiger partial charge on any atom is -0.494 e. The Labute approximate surface area is 121 Å². The summed E-state index contributed by atoms with van der Waals surface area (Å²) in [5.74, 6) is 0.920. The molecule has 0 aliphatic rings. The molecule has 2 aromatic rings. The van der Waals surface area contributed by atoms with Gasteiger partial charge in [0.25, 0.3) is 0 Å². The van der Waals surface area contributed by atoms with Crippen molar-refractivity contribution in [1.29, 1.82) is 0 Å². The topological polar surface area (TPSA) is 34.1 Å². The van der Waals surface area contributed by atoms with E-state index in [9.17, 15) is 0 Å². The van der Waals surface area contributed by atoms with Crippen LogP contribution in [0.1, 0.15) is 36.7 Å². The van der Waals surface area contributed by atoms with Crippen LogP contribution in [0.25, 0.3) is 0 Å². The number of ether oxygens (including phenoxy) is 1. The van der Waals surface area contributed by atoms with E-state index in [2.05, 4.69) is 41.5 Å². The van der Waals surface area contributed by atoms with Gasteiger partial charge in [0.05, 0.1) is 12.3 Å². The Hall–Kier alpha value is -1.87. The van der Waals surface area contributed by atoms with Gasteiger partial charge in [0.15, 0.2) is 0 Å². The molecule has 1 N–H and O–H groups in total. The van der Waals surface area contributed by atoms with E-state index in [4.69, 9.17) is 4.74 Å². The molecule has 0 fully saturated rings. The fourth-order valence-electron chi connectivity index (χ4n) is 2.00. The van der Waals surface area contributed by atoms with Crippen molar-refractivity contribution in [3.63, 3.8) is 0 Å². The summed E-state index contributed by atoms with van der Waals surface area (Å²) in [6.45, 7) is 7.67. The van der Waals surface area contributed by atoms with Crippen LogP contribution in [-0.2, 0) is 6.54 Å². The molecule has 0 aliphatic heterocycles. The Balaban J connectivity index is 1.90. The molecule has 3 nitrogen and oxygen atoms in total. The SMILES string of the molecule is CCOc1ccc(C(C)NCc2ccc(C)cn2)cc1. The zero-order chi connectivity index (χ0) is 14.4. The molecule has 1 aromatic heterocycles. The molecule has 0 bridgehead atoms. The van der Waals surface area contributed by atoms with Crippen molar-refractivity contribution >= 4 is 0 Å². The van der Waals surface area contributed by atoms with E-state index < -0.39 is 0 Å². The van der Waals surface area contributed by atoms with Crippen LogP contribution < -0.4 is 10.1 Å². The number of nitrogens with one attached hydrogen (secondary N) is 1. The van der Waals surface area contributed by atoms with Gasteiger partial charge in [-0.3, -0.25) is 4.98 Å². The van der Waals surface area contributed by atoms with Gasteiger partial charge in [-0.15, -0.1) is 0 Å². The van der Waals surface area contributed by atoms with Crippen LogP contribution >= 0.6 is 0 Å². The van der Waals surface area contributed by atoms with Gasteiger partial charge < -0.3 is 10.1 Å². The summed E-state index contributed by atoms with van der Waals surface area (Å²) in [5, 5.41) is 3.48. The maximum Gasteiger partial charge on any atom is 0.119 e. The smallest absolute Gasteiger partial charge is 0.119 e. The van der Waals surface area contributed by atoms with Crippen LogP contribution in [0.5, 0.6) is 5.75 Å². The number of aromatic nitrogens is 1. The number of hydrogen-bond donors (Lipinski definition) is 1. The largest absolute Gasteiger partial charge is 0.494 e. The van der Waals surface area contributed by atoms with Crippen molar-refractivity contribution in [3.8, 4) is 5.75 Å². The second-order valence-electron chi connectivity index (χ2n) is 4.93. The van der Waals surface area contributed by atoms with E-state index in [1.54, 1.807) is 0 Å². The molecule has 1 unspecified atom stereocenters. The lowest BCUT2D eigenvalue weighted by Crippen LogP contribution is -2.18. The molecule has 0 saturated heterocycles. The Morgan fingerprint density at radius 3 is 2.50 bits per heavy atom. The molecule has 2 rings (SSSR count). The van der Waals surface area contributed by atoms with Crippen LogP contribution in [0.2, 0.25) is 0 Å². The van der Waals surface area contributed by atoms with E-state index in [1.165, 1.54) is 11.1 Å². The first kappa shape index (κ1) is 14.5. The molecule has 0 aliphatic carbocycles. The van der Waals surface area contributed by atoms with Crippen molar-refractivity contribution in [2.45, 2.75) is 33.4 Å². The van der Waals surface area contributed by atoms with Crippen molar-refractivity contribution in [3.05, 3.63) is 59.4 Å². The predicted molar refractivity (Wildman–Crippen MR) is 81.8 cm³/mol. The second-order valence-corrected chi connectivity index (χ2v) is 4.93. The minimum absolute atomic E-state index is 0.286. The third kappa shape index (κ3) is 4.07. The first-order valence-corrected chi connectivity index (χ1v) is 7.06. The lowest BCUT2D eigenvalue weighted by molar-refractivity contribution is 0.340. The van der Waals surface area contributed by atoms with Gasteiger partial charge in [0, 0.05) is 18.8 Å². The molecule has 0 amide bonds. The Bertz CT molecular complexity index is 520. The predicted octanol–water partition coefficient (Wildman–Crippen LogP) is 3.64. The van der Waals surface area contributed by atoms with Gasteiger partial charge in [0.2, 0.25) is 0 Å². The van der Waals surface area contributed by atoms with Crippen molar-refractivity contribution in [2.75, 3.05) is 6.61 Å². The van der Waals surface area contributed by atoms with Crippen LogP contribution in [0.3, 0.4) is 0 Å². The van der Waals surface area contributed by atoms with Crippen LogP contribution in [0, 0.1) is 6.92 Å². The fourth-order valence-corrected chi connectivity index (χ4v) is 2.00. The van der Waals surface area contributed by atoms with Gasteiger partial charge in [-0.05, 0) is 50.1 Å². The molecule has 106 valence electrons. The average molecular weight is 270 g/mol. The monoisotopic (exact) mass is 270 g/mol. The van der Waals surface area contributed by atoms with Crippen molar-refractivity contribution in [1.82, 2.24) is 10.3 Å². The third-order valence-corrected chi connectivity index (χ3v) is 3.25. The maximum absolute atomic E-state index is 5.45. The highest BCUT2D eigenvalue weighted by molar-refractivity contribution is 5.29. The number of benzene rings is 1. The first-order valence-electron chi connectivity index (χ1n) is 7.06. The van der Waals surface area contributed by atoms with E-state index in [1.807, 2.05) is 32.2 Å². The van der Waals surface area contributed by atoms with E-state index in [0.717, 1.165) is 18.0 Å². The summed E-state index contributed by atoms with van der Waals surface area (Å²) >= 11 is 0. The molecule has 20 heavy (non-hydrogen) atoms. The highest BCUT2D eigenvalue weighted by Crippen LogP contribution is 2.17. The third-order valence-electron chi connectivity index (χ3n) is 3.25. The minimum atomic E-state index is 0.286. The number of nitrogens with zero attached hydrogens (tertiary/aromatic N) is 1. The fraction of sp³-hybridized carbons (Fsp3) is 0.353. The van der Waals surface area contributed by atoms with E-state index >= 15 is 0 Å². The maximum atomic E-state index is 5.45. The molecule has 1 aromatic carbocycles. The number of rotatable bonds is 6. The Morgan fingerprint density at radius 2 is 1.90 bits per heavy atom. The highest BCUT2D eigenvalue weighted by atomic mass is 16.5. The average Bonchev–Trinajstić information content (AvgIpc) is 2.47. The van der Waals surface area contributed by atoms with E-state index in [0.29, 0.717) is 6.61 Å². The molecule has 1 atom stereocenters. The zero-order valence-corrected chi connectivity index (χ0v) is 12.4. The quantitative estimate of drug-likeness (QED) is 0.870. The molecule has 0 saturated carbocycles. The summed E-state index contributed by atoms with van der Waals surface area (Å²) < 4.78 is 5.45. The van der Waals surface area contributed by atoms with Gasteiger partial charge in [0.1, 0.15) is 5.75 Å². The van der Waals surface area contributed by atoms with Crippen LogP contribution in [0.15, 0.2) is 42.6 Å². The Morgan fingerprint density at radius 1 is 1.15 bits per heavy atom. The summed E-state index contributed by atoms with van der Waals surface area (Å²) in [6.07, 6.45) is 1.90. The lowest BCUT2D eigenvalue weighted by Gasteiger charge is -2.14. The summed E-state index contributed by atoms with van der Waals surface area (Å²) in [6, 6.07) is 12.7. The summed E-state index contributed by atoms with van der Waals surface area (Å²) in [4.78, 5) is 4.40. The number of hydrogen-bond acceptors (Lipinski definition) is 3. The highest BCUT2D eigenvalue weighted by Gasteiger charge is 2.05. The van der Waals surface area contributed by atoms with Gasteiger partial charge in [-0.25, -0.2) is 0 Å². The molecular formula is C17H22N2O. The van der Waals surface area contributed by atoms with Gasteiger partial charge >= 0.3 is 0 Å². The second kappa shape index (κ2) is 7.06. The standard InChI is InChI=1S/C17H22N2O/c1-4-20-17-9-6-15(7-10-17)14(3)18-12-16-8-5-13(2)11-19-16/h5-11,14,18H,4,12H2,1-3H3. The van der Waals surface area contributed by atoms with Gasteiger partial charge in [-0.2, -0.15) is 0 Å².